The Kier molecular flexibility index (Phi) is 4.67. The van der Waals surface area contributed by atoms with Gasteiger partial charge >= 0.3 is 0 Å². The third kappa shape index (κ3) is 3.17. The van der Waals surface area contributed by atoms with E-state index >= 15 is 0 Å². The summed E-state index contributed by atoms with van der Waals surface area (Å²) in [6.07, 6.45) is 5.88. The van der Waals surface area contributed by atoms with E-state index in [0.29, 0.717) is 19.3 Å². The first kappa shape index (κ1) is 15.1. The molecule has 0 radical (unpaired) electrons. The highest BCUT2D eigenvalue weighted by molar-refractivity contribution is 5.12. The summed E-state index contributed by atoms with van der Waals surface area (Å²) in [4.78, 5) is 2.52. The number of aliphatic hydroxyl groups excluding tert-OH is 1. The number of hydrogen-bond donors (Lipinski definition) is 1. The van der Waals surface area contributed by atoms with Crippen molar-refractivity contribution in [2.75, 3.05) is 32.9 Å². The zero-order chi connectivity index (χ0) is 14.7. The molecule has 21 heavy (non-hydrogen) atoms. The summed E-state index contributed by atoms with van der Waals surface area (Å²) >= 11 is 0. The first-order valence-electron chi connectivity index (χ1n) is 8.27. The van der Waals surface area contributed by atoms with Crippen LogP contribution in [0.1, 0.15) is 50.2 Å². The van der Waals surface area contributed by atoms with Gasteiger partial charge < -0.3 is 14.3 Å². The molecular formula is C17H27NO3. The third-order valence-electron chi connectivity index (χ3n) is 4.91. The predicted octanol–water partition coefficient (Wildman–Crippen LogP) is 2.77. The zero-order valence-corrected chi connectivity index (χ0v) is 13.0. The molecule has 0 saturated carbocycles. The number of nitrogens with zero attached hydrogens (tertiary/aromatic N) is 1. The van der Waals surface area contributed by atoms with Crippen LogP contribution >= 0.6 is 0 Å². The SMILES string of the molecule is CCc1ccc(C2CCCCCN2CC2(CO)COC2)o1. The number of ether oxygens (including phenoxy) is 1. The van der Waals surface area contributed by atoms with Gasteiger partial charge in [-0.05, 0) is 31.5 Å². The molecule has 0 aromatic carbocycles. The van der Waals surface area contributed by atoms with Crippen molar-refractivity contribution in [2.45, 2.75) is 45.1 Å². The maximum absolute atomic E-state index is 9.71. The number of furan rings is 1. The zero-order valence-electron chi connectivity index (χ0n) is 13.0. The number of rotatable bonds is 5. The number of likely N-dealkylation sites (tertiary alicyclic amines) is 1. The van der Waals surface area contributed by atoms with Crippen LogP contribution in [-0.2, 0) is 11.2 Å². The van der Waals surface area contributed by atoms with Crippen molar-refractivity contribution in [3.8, 4) is 0 Å². The minimum Gasteiger partial charge on any atom is -0.464 e. The summed E-state index contributed by atoms with van der Waals surface area (Å²) in [5, 5.41) is 9.71. The van der Waals surface area contributed by atoms with Crippen LogP contribution in [-0.4, -0.2) is 42.9 Å². The van der Waals surface area contributed by atoms with Crippen LogP contribution in [0.25, 0.3) is 0 Å². The highest BCUT2D eigenvalue weighted by atomic mass is 16.5. The Labute approximate surface area is 127 Å². The average Bonchev–Trinajstić information content (AvgIpc) is 2.82. The van der Waals surface area contributed by atoms with Gasteiger partial charge in [-0.1, -0.05) is 19.8 Å². The van der Waals surface area contributed by atoms with E-state index in [9.17, 15) is 5.11 Å². The molecule has 3 heterocycles. The first-order chi connectivity index (χ1) is 10.3. The maximum atomic E-state index is 9.71. The highest BCUT2D eigenvalue weighted by Gasteiger charge is 2.41. The van der Waals surface area contributed by atoms with Crippen LogP contribution < -0.4 is 0 Å². The smallest absolute Gasteiger partial charge is 0.121 e. The van der Waals surface area contributed by atoms with E-state index in [4.69, 9.17) is 9.15 Å². The molecule has 0 aliphatic carbocycles. The Morgan fingerprint density at radius 3 is 2.76 bits per heavy atom. The topological polar surface area (TPSA) is 45.8 Å². The van der Waals surface area contributed by atoms with Crippen molar-refractivity contribution in [1.29, 1.82) is 0 Å². The van der Waals surface area contributed by atoms with Gasteiger partial charge in [0.25, 0.3) is 0 Å². The average molecular weight is 293 g/mol. The molecule has 0 bridgehead atoms. The molecule has 1 atom stereocenters. The molecule has 1 N–H and O–H groups in total. The van der Waals surface area contributed by atoms with Crippen LogP contribution in [0.2, 0.25) is 0 Å². The van der Waals surface area contributed by atoms with Crippen LogP contribution in [0.5, 0.6) is 0 Å². The van der Waals surface area contributed by atoms with Gasteiger partial charge in [0.15, 0.2) is 0 Å². The maximum Gasteiger partial charge on any atom is 0.121 e. The first-order valence-corrected chi connectivity index (χ1v) is 8.27. The van der Waals surface area contributed by atoms with Gasteiger partial charge in [-0.15, -0.1) is 0 Å². The minimum absolute atomic E-state index is 0.0528. The van der Waals surface area contributed by atoms with E-state index in [2.05, 4.69) is 24.0 Å². The van der Waals surface area contributed by atoms with Crippen LogP contribution in [0.15, 0.2) is 16.5 Å². The predicted molar refractivity (Wildman–Crippen MR) is 81.2 cm³/mol. The Morgan fingerprint density at radius 1 is 1.29 bits per heavy atom. The molecule has 4 heteroatoms. The number of aliphatic hydroxyl groups is 1. The molecule has 0 spiro atoms. The molecule has 2 saturated heterocycles. The van der Waals surface area contributed by atoms with Crippen molar-refractivity contribution in [3.05, 3.63) is 23.7 Å². The van der Waals surface area contributed by atoms with Gasteiger partial charge in [0.2, 0.25) is 0 Å². The van der Waals surface area contributed by atoms with E-state index in [1.54, 1.807) is 0 Å². The van der Waals surface area contributed by atoms with Gasteiger partial charge in [0, 0.05) is 13.0 Å². The van der Waals surface area contributed by atoms with Crippen molar-refractivity contribution in [3.63, 3.8) is 0 Å². The normalized spacial score (nSPS) is 26.3. The van der Waals surface area contributed by atoms with Crippen LogP contribution in [0.3, 0.4) is 0 Å². The number of hydrogen-bond acceptors (Lipinski definition) is 4. The molecular weight excluding hydrogens is 266 g/mol. The summed E-state index contributed by atoms with van der Waals surface area (Å²) in [5.41, 5.74) is -0.0528. The van der Waals surface area contributed by atoms with Crippen molar-refractivity contribution in [1.82, 2.24) is 4.90 Å². The fourth-order valence-corrected chi connectivity index (χ4v) is 3.50. The van der Waals surface area contributed by atoms with E-state index < -0.39 is 0 Å². The van der Waals surface area contributed by atoms with Gasteiger partial charge in [0.1, 0.15) is 11.5 Å². The lowest BCUT2D eigenvalue weighted by Crippen LogP contribution is -2.53. The van der Waals surface area contributed by atoms with Gasteiger partial charge in [0.05, 0.1) is 31.3 Å². The fourth-order valence-electron chi connectivity index (χ4n) is 3.50. The Morgan fingerprint density at radius 2 is 2.14 bits per heavy atom. The molecule has 1 aromatic heterocycles. The van der Waals surface area contributed by atoms with E-state index in [1.807, 2.05) is 0 Å². The monoisotopic (exact) mass is 293 g/mol. The van der Waals surface area contributed by atoms with E-state index in [0.717, 1.165) is 37.5 Å². The quantitative estimate of drug-likeness (QED) is 0.907. The van der Waals surface area contributed by atoms with Crippen LogP contribution in [0, 0.1) is 5.41 Å². The molecule has 2 aliphatic rings. The summed E-state index contributed by atoms with van der Waals surface area (Å²) in [7, 11) is 0. The fraction of sp³-hybridized carbons (Fsp3) is 0.765. The molecule has 2 aliphatic heterocycles. The van der Waals surface area contributed by atoms with Gasteiger partial charge in [-0.2, -0.15) is 0 Å². The van der Waals surface area contributed by atoms with E-state index in [1.165, 1.54) is 19.3 Å². The minimum atomic E-state index is -0.0528. The van der Waals surface area contributed by atoms with E-state index in [-0.39, 0.29) is 12.0 Å². The van der Waals surface area contributed by atoms with Crippen molar-refractivity contribution >= 4 is 0 Å². The standard InChI is InChI=1S/C17H27NO3/c1-2-14-7-8-16(21-14)15-6-4-3-5-9-18(15)10-17(11-19)12-20-13-17/h7-8,15,19H,2-6,9-13H2,1H3. The third-order valence-corrected chi connectivity index (χ3v) is 4.91. The van der Waals surface area contributed by atoms with Gasteiger partial charge in [-0.25, -0.2) is 0 Å². The van der Waals surface area contributed by atoms with Crippen molar-refractivity contribution in [2.24, 2.45) is 5.41 Å². The largest absolute Gasteiger partial charge is 0.464 e. The molecule has 118 valence electrons. The Bertz CT molecular complexity index is 447. The highest BCUT2D eigenvalue weighted by Crippen LogP contribution is 2.36. The molecule has 1 unspecified atom stereocenters. The summed E-state index contributed by atoms with van der Waals surface area (Å²) in [5.74, 6) is 2.17. The van der Waals surface area contributed by atoms with Crippen LogP contribution in [0.4, 0.5) is 0 Å². The second-order valence-corrected chi connectivity index (χ2v) is 6.64. The molecule has 0 amide bonds. The molecule has 2 fully saturated rings. The molecule has 4 nitrogen and oxygen atoms in total. The lowest BCUT2D eigenvalue weighted by Gasteiger charge is -2.44. The molecule has 1 aromatic rings. The summed E-state index contributed by atoms with van der Waals surface area (Å²) in [6, 6.07) is 4.61. The summed E-state index contributed by atoms with van der Waals surface area (Å²) in [6.45, 7) is 5.72. The Balaban J connectivity index is 1.76. The lowest BCUT2D eigenvalue weighted by atomic mass is 9.85. The van der Waals surface area contributed by atoms with Gasteiger partial charge in [-0.3, -0.25) is 4.90 Å². The van der Waals surface area contributed by atoms with Crippen molar-refractivity contribution < 1.29 is 14.3 Å². The summed E-state index contributed by atoms with van der Waals surface area (Å²) < 4.78 is 11.4. The Hall–Kier alpha value is -0.840. The second kappa shape index (κ2) is 6.51. The lowest BCUT2D eigenvalue weighted by molar-refractivity contribution is -0.152. The second-order valence-electron chi connectivity index (χ2n) is 6.64. The number of aryl methyl sites for hydroxylation is 1. The molecule has 3 rings (SSSR count).